The number of ether oxygens (including phenoxy) is 1. The zero-order valence-corrected chi connectivity index (χ0v) is 14.6. The van der Waals surface area contributed by atoms with Gasteiger partial charge in [-0.05, 0) is 25.6 Å². The number of nitrogens with zero attached hydrogens (tertiary/aromatic N) is 5. The first kappa shape index (κ1) is 15.5. The number of rotatable bonds is 2. The molecule has 4 heterocycles. The van der Waals surface area contributed by atoms with Crippen molar-refractivity contribution in [1.29, 1.82) is 0 Å². The molecular weight excluding hydrogens is 310 g/mol. The van der Waals surface area contributed by atoms with Gasteiger partial charge in [-0.15, -0.1) is 11.8 Å². The number of fused-ring (bicyclic) bond motifs is 1. The molecule has 0 aromatic carbocycles. The summed E-state index contributed by atoms with van der Waals surface area (Å²) in [5, 5.41) is 0. The first-order valence-electron chi connectivity index (χ1n) is 8.61. The molecule has 3 aliphatic rings. The fraction of sp³-hybridized carbons (Fsp3) is 0.750. The maximum Gasteiger partial charge on any atom is 0.227 e. The minimum Gasteiger partial charge on any atom is -0.378 e. The van der Waals surface area contributed by atoms with Crippen LogP contribution < -0.4 is 9.80 Å². The van der Waals surface area contributed by atoms with Crippen molar-refractivity contribution in [3.8, 4) is 0 Å². The fourth-order valence-corrected chi connectivity index (χ4v) is 4.45. The molecule has 0 aliphatic carbocycles. The SMILES string of the molecule is CN1CCN(c2nc3c(c(N4CCOCC4)n2)SCCC3)CC1. The van der Waals surface area contributed by atoms with Crippen molar-refractivity contribution in [2.24, 2.45) is 0 Å². The Morgan fingerprint density at radius 1 is 0.957 bits per heavy atom. The predicted octanol–water partition coefficient (Wildman–Crippen LogP) is 1.10. The van der Waals surface area contributed by atoms with Gasteiger partial charge in [0, 0.05) is 39.3 Å². The van der Waals surface area contributed by atoms with Crippen molar-refractivity contribution in [1.82, 2.24) is 14.9 Å². The van der Waals surface area contributed by atoms with E-state index in [1.54, 1.807) is 0 Å². The van der Waals surface area contributed by atoms with E-state index in [-0.39, 0.29) is 0 Å². The quantitative estimate of drug-likeness (QED) is 0.802. The lowest BCUT2D eigenvalue weighted by molar-refractivity contribution is 0.122. The van der Waals surface area contributed by atoms with Crippen molar-refractivity contribution in [2.45, 2.75) is 17.7 Å². The number of aryl methyl sites for hydroxylation is 1. The van der Waals surface area contributed by atoms with Crippen molar-refractivity contribution in [3.63, 3.8) is 0 Å². The average Bonchev–Trinajstić information content (AvgIpc) is 2.62. The molecule has 0 saturated carbocycles. The average molecular weight is 335 g/mol. The van der Waals surface area contributed by atoms with Crippen LogP contribution in [0.2, 0.25) is 0 Å². The van der Waals surface area contributed by atoms with E-state index in [1.807, 2.05) is 11.8 Å². The highest BCUT2D eigenvalue weighted by Gasteiger charge is 2.26. The predicted molar refractivity (Wildman–Crippen MR) is 93.8 cm³/mol. The number of aromatic nitrogens is 2. The topological polar surface area (TPSA) is 44.7 Å². The first-order valence-corrected chi connectivity index (χ1v) is 9.60. The lowest BCUT2D eigenvalue weighted by atomic mass is 10.2. The third kappa shape index (κ3) is 3.27. The summed E-state index contributed by atoms with van der Waals surface area (Å²) in [6, 6.07) is 0. The molecule has 126 valence electrons. The minimum atomic E-state index is 0.799. The van der Waals surface area contributed by atoms with Gasteiger partial charge in [-0.25, -0.2) is 4.98 Å². The summed E-state index contributed by atoms with van der Waals surface area (Å²) in [6.45, 7) is 7.68. The zero-order valence-electron chi connectivity index (χ0n) is 13.8. The Balaban J connectivity index is 1.67. The highest BCUT2D eigenvalue weighted by molar-refractivity contribution is 7.99. The first-order chi connectivity index (χ1) is 11.3. The van der Waals surface area contributed by atoms with Crippen LogP contribution in [0.3, 0.4) is 0 Å². The zero-order chi connectivity index (χ0) is 15.6. The smallest absolute Gasteiger partial charge is 0.227 e. The molecule has 6 nitrogen and oxygen atoms in total. The van der Waals surface area contributed by atoms with Crippen molar-refractivity contribution >= 4 is 23.5 Å². The molecule has 0 radical (unpaired) electrons. The van der Waals surface area contributed by atoms with Crippen LogP contribution in [-0.4, -0.2) is 80.2 Å². The molecule has 7 heteroatoms. The molecule has 0 atom stereocenters. The molecule has 4 rings (SSSR count). The van der Waals surface area contributed by atoms with Crippen molar-refractivity contribution in [2.75, 3.05) is 75.1 Å². The molecule has 23 heavy (non-hydrogen) atoms. The second kappa shape index (κ2) is 6.83. The van der Waals surface area contributed by atoms with Gasteiger partial charge in [0.1, 0.15) is 5.82 Å². The Hall–Kier alpha value is -1.05. The maximum atomic E-state index is 5.52. The number of morpholine rings is 1. The van der Waals surface area contributed by atoms with Crippen molar-refractivity contribution < 1.29 is 4.74 Å². The Morgan fingerprint density at radius 2 is 1.74 bits per heavy atom. The van der Waals surface area contributed by atoms with Crippen LogP contribution in [0.5, 0.6) is 0 Å². The molecule has 0 N–H and O–H groups in total. The molecule has 1 aromatic rings. The van der Waals surface area contributed by atoms with E-state index in [1.165, 1.54) is 22.8 Å². The van der Waals surface area contributed by atoms with Gasteiger partial charge in [-0.2, -0.15) is 4.98 Å². The van der Waals surface area contributed by atoms with E-state index in [0.29, 0.717) is 0 Å². The lowest BCUT2D eigenvalue weighted by Crippen LogP contribution is -2.45. The van der Waals surface area contributed by atoms with E-state index in [9.17, 15) is 0 Å². The van der Waals surface area contributed by atoms with Crippen molar-refractivity contribution in [3.05, 3.63) is 5.69 Å². The molecule has 1 aromatic heterocycles. The van der Waals surface area contributed by atoms with Crippen LogP contribution in [0.4, 0.5) is 11.8 Å². The van der Waals surface area contributed by atoms with Gasteiger partial charge in [0.2, 0.25) is 5.95 Å². The summed E-state index contributed by atoms with van der Waals surface area (Å²) in [5.74, 6) is 3.26. The third-order valence-corrected chi connectivity index (χ3v) is 6.01. The molecule has 0 spiro atoms. The molecule has 0 bridgehead atoms. The largest absolute Gasteiger partial charge is 0.378 e. The van der Waals surface area contributed by atoms with E-state index >= 15 is 0 Å². The summed E-state index contributed by atoms with van der Waals surface area (Å²) >= 11 is 1.93. The van der Waals surface area contributed by atoms with E-state index in [4.69, 9.17) is 14.7 Å². The number of anilines is 2. The molecule has 3 aliphatic heterocycles. The van der Waals surface area contributed by atoms with Gasteiger partial charge >= 0.3 is 0 Å². The van der Waals surface area contributed by atoms with E-state index < -0.39 is 0 Å². The van der Waals surface area contributed by atoms with Crippen LogP contribution >= 0.6 is 11.8 Å². The van der Waals surface area contributed by atoms with E-state index in [2.05, 4.69) is 21.7 Å². The molecule has 0 amide bonds. The Labute approximate surface area is 142 Å². The van der Waals surface area contributed by atoms with Gasteiger partial charge in [0.15, 0.2) is 0 Å². The Morgan fingerprint density at radius 3 is 2.52 bits per heavy atom. The summed E-state index contributed by atoms with van der Waals surface area (Å²) in [5.41, 5.74) is 1.26. The lowest BCUT2D eigenvalue weighted by Gasteiger charge is -2.35. The second-order valence-electron chi connectivity index (χ2n) is 6.46. The minimum absolute atomic E-state index is 0.799. The normalized spacial score (nSPS) is 23.0. The monoisotopic (exact) mass is 335 g/mol. The summed E-state index contributed by atoms with van der Waals surface area (Å²) in [4.78, 5) is 18.4. The number of hydrogen-bond donors (Lipinski definition) is 0. The number of piperazine rings is 1. The van der Waals surface area contributed by atoms with Crippen LogP contribution in [0, 0.1) is 0 Å². The highest BCUT2D eigenvalue weighted by atomic mass is 32.2. The summed E-state index contributed by atoms with van der Waals surface area (Å²) in [7, 11) is 2.18. The number of likely N-dealkylation sites (N-methyl/N-ethyl adjacent to an activating group) is 1. The summed E-state index contributed by atoms with van der Waals surface area (Å²) in [6.07, 6.45) is 2.31. The van der Waals surface area contributed by atoms with Gasteiger partial charge in [0.25, 0.3) is 0 Å². The molecule has 2 saturated heterocycles. The standard InChI is InChI=1S/C16H25N5OS/c1-19-4-6-21(7-5-19)16-17-13-3-2-12-23-14(13)15(18-16)20-8-10-22-11-9-20/h2-12H2,1H3. The van der Waals surface area contributed by atoms with Crippen LogP contribution in [-0.2, 0) is 11.2 Å². The maximum absolute atomic E-state index is 5.52. The molecule has 0 unspecified atom stereocenters. The van der Waals surface area contributed by atoms with Crippen LogP contribution in [0.15, 0.2) is 4.90 Å². The van der Waals surface area contributed by atoms with Gasteiger partial charge in [-0.1, -0.05) is 0 Å². The van der Waals surface area contributed by atoms with Crippen LogP contribution in [0.1, 0.15) is 12.1 Å². The second-order valence-corrected chi connectivity index (χ2v) is 7.57. The van der Waals surface area contributed by atoms with Crippen LogP contribution in [0.25, 0.3) is 0 Å². The van der Waals surface area contributed by atoms with Gasteiger partial charge < -0.3 is 19.4 Å². The fourth-order valence-electron chi connectivity index (χ4n) is 3.34. The van der Waals surface area contributed by atoms with E-state index in [0.717, 1.165) is 70.7 Å². The van der Waals surface area contributed by atoms with Gasteiger partial charge in [-0.3, -0.25) is 0 Å². The Kier molecular flexibility index (Phi) is 4.59. The molecule has 2 fully saturated rings. The van der Waals surface area contributed by atoms with Gasteiger partial charge in [0.05, 0.1) is 23.8 Å². The number of hydrogen-bond acceptors (Lipinski definition) is 7. The highest BCUT2D eigenvalue weighted by Crippen LogP contribution is 2.37. The third-order valence-electron chi connectivity index (χ3n) is 4.81. The Bertz CT molecular complexity index is 556. The molecular formula is C16H25N5OS. The summed E-state index contributed by atoms with van der Waals surface area (Å²) < 4.78 is 5.52. The number of thioether (sulfide) groups is 1.